The third-order valence-corrected chi connectivity index (χ3v) is 5.82. The van der Waals surface area contributed by atoms with Crippen molar-refractivity contribution in [3.8, 4) is 17.1 Å². The summed E-state index contributed by atoms with van der Waals surface area (Å²) in [6.45, 7) is 0.127. The number of amides is 1. The van der Waals surface area contributed by atoms with Crippen molar-refractivity contribution in [2.24, 2.45) is 0 Å². The molecule has 0 radical (unpaired) electrons. The van der Waals surface area contributed by atoms with Crippen LogP contribution in [-0.2, 0) is 4.79 Å². The third kappa shape index (κ3) is 3.98. The minimum Gasteiger partial charge on any atom is -0.480 e. The molecule has 2 N–H and O–H groups in total. The Bertz CT molecular complexity index is 1440. The van der Waals surface area contributed by atoms with Crippen LogP contribution in [0.2, 0.25) is 0 Å². The average Bonchev–Trinajstić information content (AvgIpc) is 3.22. The fourth-order valence-corrected chi connectivity index (χ4v) is 4.14. The number of halogens is 2. The first-order valence-corrected chi connectivity index (χ1v) is 10.6. The molecule has 1 aliphatic rings. The highest BCUT2D eigenvalue weighted by atomic mass is 19.1. The molecule has 3 aromatic heterocycles. The molecule has 178 valence electrons. The van der Waals surface area contributed by atoms with Crippen molar-refractivity contribution in [1.29, 1.82) is 0 Å². The number of benzene rings is 1. The maximum atomic E-state index is 14.7. The number of hydrogen-bond acceptors (Lipinski definition) is 6. The Kier molecular flexibility index (Phi) is 5.47. The maximum absolute atomic E-state index is 14.7. The van der Waals surface area contributed by atoms with E-state index in [-0.39, 0.29) is 31.0 Å². The summed E-state index contributed by atoms with van der Waals surface area (Å²) in [6.07, 6.45) is 1.80. The molecule has 1 atom stereocenters. The van der Waals surface area contributed by atoms with Gasteiger partial charge in [0.05, 0.1) is 17.8 Å². The number of carbonyl (C=O) groups is 2. The molecule has 1 aromatic carbocycles. The number of carboxylic acid groups (broad SMARTS) is 2. The summed E-state index contributed by atoms with van der Waals surface area (Å²) in [5.74, 6) is -2.15. The molecular weight excluding hydrogens is 462 g/mol. The van der Waals surface area contributed by atoms with Crippen molar-refractivity contribution in [3.05, 3.63) is 66.5 Å². The lowest BCUT2D eigenvalue weighted by atomic mass is 10.1. The minimum atomic E-state index is -1.30. The van der Waals surface area contributed by atoms with Crippen LogP contribution in [-0.4, -0.2) is 72.4 Å². The van der Waals surface area contributed by atoms with Crippen molar-refractivity contribution in [3.63, 3.8) is 0 Å². The van der Waals surface area contributed by atoms with Crippen LogP contribution in [0, 0.1) is 11.6 Å². The van der Waals surface area contributed by atoms with E-state index >= 15 is 0 Å². The van der Waals surface area contributed by atoms with E-state index in [1.54, 1.807) is 46.1 Å². The molecule has 12 heteroatoms. The lowest BCUT2D eigenvalue weighted by Gasteiger charge is -2.38. The zero-order valence-electron chi connectivity index (χ0n) is 18.0. The van der Waals surface area contributed by atoms with Crippen molar-refractivity contribution in [2.75, 3.05) is 24.5 Å². The first kappa shape index (κ1) is 22.2. The number of hydrogen-bond donors (Lipinski definition) is 2. The van der Waals surface area contributed by atoms with Gasteiger partial charge < -0.3 is 15.1 Å². The van der Waals surface area contributed by atoms with Gasteiger partial charge in [-0.25, -0.2) is 28.3 Å². The number of aliphatic carboxylic acids is 1. The van der Waals surface area contributed by atoms with E-state index in [0.717, 1.165) is 17.0 Å². The number of anilines is 1. The largest absolute Gasteiger partial charge is 0.480 e. The van der Waals surface area contributed by atoms with Gasteiger partial charge in [0.25, 0.3) is 0 Å². The van der Waals surface area contributed by atoms with Gasteiger partial charge in [0.2, 0.25) is 0 Å². The molecule has 0 aliphatic carbocycles. The summed E-state index contributed by atoms with van der Waals surface area (Å²) in [5.41, 5.74) is 1.46. The summed E-state index contributed by atoms with van der Waals surface area (Å²) in [6, 6.07) is 8.64. The third-order valence-electron chi connectivity index (χ3n) is 5.82. The highest BCUT2D eigenvalue weighted by molar-refractivity contribution is 5.83. The molecule has 10 nitrogen and oxygen atoms in total. The monoisotopic (exact) mass is 480 g/mol. The molecule has 4 heterocycles. The van der Waals surface area contributed by atoms with Gasteiger partial charge in [0, 0.05) is 31.5 Å². The molecule has 0 unspecified atom stereocenters. The van der Waals surface area contributed by atoms with Gasteiger partial charge in [0.1, 0.15) is 34.8 Å². The summed E-state index contributed by atoms with van der Waals surface area (Å²) in [5, 5.41) is 18.9. The number of carboxylic acids is 1. The average molecular weight is 480 g/mol. The van der Waals surface area contributed by atoms with Crippen LogP contribution in [0.3, 0.4) is 0 Å². The Morgan fingerprint density at radius 3 is 2.43 bits per heavy atom. The number of nitrogens with zero attached hydrogens (tertiary/aromatic N) is 6. The number of fused-ring (bicyclic) bond motifs is 1. The molecular formula is C23H18F2N6O4. The van der Waals surface area contributed by atoms with Gasteiger partial charge in [-0.3, -0.25) is 14.5 Å². The molecule has 1 aliphatic heterocycles. The lowest BCUT2D eigenvalue weighted by Crippen LogP contribution is -2.58. The molecule has 0 spiro atoms. The van der Waals surface area contributed by atoms with Gasteiger partial charge in [-0.1, -0.05) is 0 Å². The van der Waals surface area contributed by atoms with Crippen LogP contribution in [0.15, 0.2) is 54.9 Å². The Balaban J connectivity index is 1.63. The zero-order valence-corrected chi connectivity index (χ0v) is 18.0. The Hall–Kier alpha value is -4.61. The minimum absolute atomic E-state index is 0.0122. The Morgan fingerprint density at radius 1 is 0.971 bits per heavy atom. The van der Waals surface area contributed by atoms with Gasteiger partial charge in [-0.2, -0.15) is 0 Å². The second kappa shape index (κ2) is 8.63. The van der Waals surface area contributed by atoms with Gasteiger partial charge in [-0.05, 0) is 36.4 Å². The molecule has 35 heavy (non-hydrogen) atoms. The SMILES string of the molecule is O=C(O)[C@H]1CN(c2ccc3nc(-c4ccc(F)cc4F)n(-c4ccncc4)c3n2)CCN1C(=O)O. The first-order chi connectivity index (χ1) is 16.8. The van der Waals surface area contributed by atoms with Gasteiger partial charge in [0.15, 0.2) is 5.65 Å². The Labute approximate surface area is 196 Å². The lowest BCUT2D eigenvalue weighted by molar-refractivity contribution is -0.142. The predicted octanol–water partition coefficient (Wildman–Crippen LogP) is 3.01. The van der Waals surface area contributed by atoms with Crippen molar-refractivity contribution in [2.45, 2.75) is 6.04 Å². The van der Waals surface area contributed by atoms with Crippen molar-refractivity contribution < 1.29 is 28.6 Å². The van der Waals surface area contributed by atoms with Gasteiger partial charge >= 0.3 is 12.1 Å². The van der Waals surface area contributed by atoms with Crippen LogP contribution in [0.5, 0.6) is 0 Å². The molecule has 5 rings (SSSR count). The van der Waals surface area contributed by atoms with Crippen molar-refractivity contribution in [1.82, 2.24) is 24.4 Å². The van der Waals surface area contributed by atoms with E-state index in [1.807, 2.05) is 0 Å². The standard InChI is InChI=1S/C23H18F2N6O4/c24-13-1-2-15(16(25)11-13)20-27-17-3-4-19(28-21(17)31(20)14-5-7-26-8-6-14)29-9-10-30(23(34)35)18(12-29)22(32)33/h1-8,11,18H,9-10,12H2,(H,32,33)(H,34,35)/t18-/m1/s1. The van der Waals surface area contributed by atoms with Crippen LogP contribution in [0.4, 0.5) is 19.4 Å². The molecule has 1 fully saturated rings. The number of imidazole rings is 1. The maximum Gasteiger partial charge on any atom is 0.408 e. The summed E-state index contributed by atoms with van der Waals surface area (Å²) in [7, 11) is 0. The topological polar surface area (TPSA) is 125 Å². The highest BCUT2D eigenvalue weighted by Gasteiger charge is 2.36. The van der Waals surface area contributed by atoms with Crippen LogP contribution in [0.1, 0.15) is 0 Å². The van der Waals surface area contributed by atoms with Crippen LogP contribution < -0.4 is 4.90 Å². The molecule has 0 bridgehead atoms. The smallest absolute Gasteiger partial charge is 0.408 e. The molecule has 0 saturated carbocycles. The quantitative estimate of drug-likeness (QED) is 0.457. The zero-order chi connectivity index (χ0) is 24.7. The second-order valence-corrected chi connectivity index (χ2v) is 7.89. The van der Waals surface area contributed by atoms with Crippen LogP contribution in [0.25, 0.3) is 28.2 Å². The highest BCUT2D eigenvalue weighted by Crippen LogP contribution is 2.31. The molecule has 1 amide bonds. The molecule has 4 aromatic rings. The molecule has 1 saturated heterocycles. The van der Waals surface area contributed by atoms with E-state index in [1.165, 1.54) is 6.07 Å². The number of aromatic nitrogens is 4. The number of rotatable bonds is 4. The Morgan fingerprint density at radius 2 is 1.74 bits per heavy atom. The van der Waals surface area contributed by atoms with E-state index in [2.05, 4.69) is 15.0 Å². The van der Waals surface area contributed by atoms with Crippen LogP contribution >= 0.6 is 0 Å². The van der Waals surface area contributed by atoms with Crippen molar-refractivity contribution >= 4 is 29.0 Å². The summed E-state index contributed by atoms with van der Waals surface area (Å²) >= 11 is 0. The number of piperazine rings is 1. The summed E-state index contributed by atoms with van der Waals surface area (Å²) < 4.78 is 29.9. The number of pyridine rings is 2. The van der Waals surface area contributed by atoms with E-state index in [0.29, 0.717) is 22.7 Å². The first-order valence-electron chi connectivity index (χ1n) is 10.6. The fourth-order valence-electron chi connectivity index (χ4n) is 4.14. The predicted molar refractivity (Wildman–Crippen MR) is 120 cm³/mol. The van der Waals surface area contributed by atoms with E-state index < -0.39 is 29.7 Å². The second-order valence-electron chi connectivity index (χ2n) is 7.89. The fraction of sp³-hybridized carbons (Fsp3) is 0.174. The van der Waals surface area contributed by atoms with Gasteiger partial charge in [-0.15, -0.1) is 0 Å². The van der Waals surface area contributed by atoms with E-state index in [4.69, 9.17) is 0 Å². The summed E-state index contributed by atoms with van der Waals surface area (Å²) in [4.78, 5) is 38.9. The normalized spacial score (nSPS) is 16.0. The van der Waals surface area contributed by atoms with E-state index in [9.17, 15) is 28.6 Å².